The Bertz CT molecular complexity index is 323. The van der Waals surface area contributed by atoms with Crippen LogP contribution >= 0.6 is 15.9 Å². The first kappa shape index (κ1) is 11.4. The number of rotatable bonds is 4. The highest BCUT2D eigenvalue weighted by Crippen LogP contribution is 2.16. The molecular weight excluding hydrogens is 247 g/mol. The van der Waals surface area contributed by atoms with Crippen molar-refractivity contribution in [1.82, 2.24) is 0 Å². The van der Waals surface area contributed by atoms with Gasteiger partial charge in [-0.05, 0) is 25.1 Å². The molecule has 0 amide bonds. The Kier molecular flexibility index (Phi) is 4.84. The minimum atomic E-state index is -0.228. The maximum absolute atomic E-state index is 13.2. The van der Waals surface area contributed by atoms with Crippen LogP contribution in [0.1, 0.15) is 12.5 Å². The minimum Gasteiger partial charge on any atom is -0.373 e. The van der Waals surface area contributed by atoms with Gasteiger partial charge in [0.15, 0.2) is 0 Å². The number of halogens is 2. The molecule has 0 aliphatic rings. The molecule has 0 heterocycles. The highest BCUT2D eigenvalue weighted by molar-refractivity contribution is 9.10. The van der Waals surface area contributed by atoms with Crippen molar-refractivity contribution < 1.29 is 9.13 Å². The fourth-order valence-electron chi connectivity index (χ4n) is 0.987. The van der Waals surface area contributed by atoms with Crippen LogP contribution in [0.3, 0.4) is 0 Å². The van der Waals surface area contributed by atoms with Crippen molar-refractivity contribution in [2.24, 2.45) is 0 Å². The summed E-state index contributed by atoms with van der Waals surface area (Å²) >= 11 is 3.28. The lowest BCUT2D eigenvalue weighted by Crippen LogP contribution is -1.96. The van der Waals surface area contributed by atoms with Crippen LogP contribution in [0.4, 0.5) is 4.39 Å². The average molecular weight is 259 g/mol. The third kappa shape index (κ3) is 3.60. The molecule has 14 heavy (non-hydrogen) atoms. The first-order valence-corrected chi connectivity index (χ1v) is 5.16. The molecule has 0 unspecified atom stereocenters. The molecule has 1 nitrogen and oxygen atoms in total. The fourth-order valence-corrected chi connectivity index (χ4v) is 1.40. The molecular formula is C11H12BrFO. The summed E-state index contributed by atoms with van der Waals surface area (Å²) in [6, 6.07) is 4.83. The molecule has 0 fully saturated rings. The first-order valence-electron chi connectivity index (χ1n) is 4.37. The van der Waals surface area contributed by atoms with Gasteiger partial charge in [-0.1, -0.05) is 28.1 Å². The Morgan fingerprint density at radius 3 is 3.00 bits per heavy atom. The molecule has 76 valence electrons. The topological polar surface area (TPSA) is 9.23 Å². The molecule has 0 radical (unpaired) electrons. The molecule has 1 aromatic carbocycles. The smallest absolute Gasteiger partial charge is 0.128 e. The fraction of sp³-hybridized carbons (Fsp3) is 0.273. The van der Waals surface area contributed by atoms with Crippen molar-refractivity contribution in [2.45, 2.75) is 13.5 Å². The van der Waals surface area contributed by atoms with Crippen molar-refractivity contribution in [3.05, 3.63) is 46.2 Å². The van der Waals surface area contributed by atoms with Gasteiger partial charge in [0.05, 0.1) is 13.2 Å². The van der Waals surface area contributed by atoms with E-state index in [0.717, 1.165) is 4.47 Å². The van der Waals surface area contributed by atoms with E-state index in [1.54, 1.807) is 12.1 Å². The van der Waals surface area contributed by atoms with E-state index in [2.05, 4.69) is 15.9 Å². The first-order chi connectivity index (χ1) is 6.74. The van der Waals surface area contributed by atoms with Gasteiger partial charge in [0, 0.05) is 10.0 Å². The Labute approximate surface area is 91.7 Å². The number of ether oxygens (including phenoxy) is 1. The molecule has 0 aromatic heterocycles. The molecule has 0 aliphatic carbocycles. The predicted octanol–water partition coefficient (Wildman–Crippen LogP) is 3.68. The quantitative estimate of drug-likeness (QED) is 0.592. The lowest BCUT2D eigenvalue weighted by atomic mass is 10.2. The van der Waals surface area contributed by atoms with E-state index in [1.165, 1.54) is 6.07 Å². The summed E-state index contributed by atoms with van der Waals surface area (Å²) in [6.07, 6.45) is 3.78. The molecule has 1 rings (SSSR count). The zero-order valence-electron chi connectivity index (χ0n) is 7.97. The molecule has 0 spiro atoms. The van der Waals surface area contributed by atoms with Gasteiger partial charge in [-0.3, -0.25) is 0 Å². The highest BCUT2D eigenvalue weighted by atomic mass is 79.9. The Hall–Kier alpha value is -0.670. The van der Waals surface area contributed by atoms with Crippen LogP contribution in [-0.2, 0) is 11.3 Å². The minimum absolute atomic E-state index is 0.228. The lowest BCUT2D eigenvalue weighted by Gasteiger charge is -2.03. The Morgan fingerprint density at radius 2 is 2.29 bits per heavy atom. The predicted molar refractivity (Wildman–Crippen MR) is 58.6 cm³/mol. The second kappa shape index (κ2) is 5.94. The zero-order valence-corrected chi connectivity index (χ0v) is 9.55. The van der Waals surface area contributed by atoms with E-state index < -0.39 is 0 Å². The molecule has 0 saturated heterocycles. The molecule has 0 bridgehead atoms. The van der Waals surface area contributed by atoms with Gasteiger partial charge in [-0.25, -0.2) is 4.39 Å². The van der Waals surface area contributed by atoms with Crippen LogP contribution in [0.2, 0.25) is 0 Å². The number of allylic oxidation sites excluding steroid dienone is 1. The van der Waals surface area contributed by atoms with Crippen LogP contribution in [0, 0.1) is 5.82 Å². The van der Waals surface area contributed by atoms with Gasteiger partial charge in [0.2, 0.25) is 0 Å². The van der Waals surface area contributed by atoms with Crippen molar-refractivity contribution in [3.63, 3.8) is 0 Å². The van der Waals surface area contributed by atoms with Crippen LogP contribution in [0.15, 0.2) is 34.8 Å². The summed E-state index contributed by atoms with van der Waals surface area (Å²) in [6.45, 7) is 2.74. The van der Waals surface area contributed by atoms with Gasteiger partial charge in [0.1, 0.15) is 5.82 Å². The van der Waals surface area contributed by atoms with E-state index in [1.807, 2.05) is 19.1 Å². The summed E-state index contributed by atoms with van der Waals surface area (Å²) in [5.41, 5.74) is 0.573. The molecule has 0 atom stereocenters. The van der Waals surface area contributed by atoms with Gasteiger partial charge >= 0.3 is 0 Å². The van der Waals surface area contributed by atoms with Gasteiger partial charge in [-0.2, -0.15) is 0 Å². The largest absolute Gasteiger partial charge is 0.373 e. The van der Waals surface area contributed by atoms with Crippen molar-refractivity contribution in [1.29, 1.82) is 0 Å². The van der Waals surface area contributed by atoms with E-state index in [-0.39, 0.29) is 5.82 Å². The second-order valence-electron chi connectivity index (χ2n) is 2.82. The summed E-state index contributed by atoms with van der Waals surface area (Å²) in [5, 5.41) is 0. The van der Waals surface area contributed by atoms with Crippen LogP contribution in [0.5, 0.6) is 0 Å². The maximum Gasteiger partial charge on any atom is 0.128 e. The van der Waals surface area contributed by atoms with Crippen molar-refractivity contribution >= 4 is 15.9 Å². The van der Waals surface area contributed by atoms with Crippen molar-refractivity contribution in [2.75, 3.05) is 6.61 Å². The highest BCUT2D eigenvalue weighted by Gasteiger charge is 2.01. The third-order valence-electron chi connectivity index (χ3n) is 1.72. The summed E-state index contributed by atoms with van der Waals surface area (Å²) in [7, 11) is 0. The molecule has 3 heteroatoms. The van der Waals surface area contributed by atoms with Gasteiger partial charge < -0.3 is 4.74 Å². The van der Waals surface area contributed by atoms with E-state index in [4.69, 9.17) is 4.74 Å². The maximum atomic E-state index is 13.2. The van der Waals surface area contributed by atoms with Crippen molar-refractivity contribution in [3.8, 4) is 0 Å². The van der Waals surface area contributed by atoms with E-state index in [9.17, 15) is 4.39 Å². The SMILES string of the molecule is CC=CCOCc1cc(Br)ccc1F. The molecule has 0 aliphatic heterocycles. The lowest BCUT2D eigenvalue weighted by molar-refractivity contribution is 0.146. The van der Waals surface area contributed by atoms with Gasteiger partial charge in [0.25, 0.3) is 0 Å². The van der Waals surface area contributed by atoms with E-state index >= 15 is 0 Å². The third-order valence-corrected chi connectivity index (χ3v) is 2.21. The zero-order chi connectivity index (χ0) is 10.4. The average Bonchev–Trinajstić information content (AvgIpc) is 2.18. The van der Waals surface area contributed by atoms with Crippen LogP contribution < -0.4 is 0 Å². The standard InChI is InChI=1S/C11H12BrFO/c1-2-3-6-14-8-9-7-10(12)4-5-11(9)13/h2-5,7H,6,8H2,1H3. The Morgan fingerprint density at radius 1 is 1.50 bits per heavy atom. The Balaban J connectivity index is 2.53. The van der Waals surface area contributed by atoms with Gasteiger partial charge in [-0.15, -0.1) is 0 Å². The van der Waals surface area contributed by atoms with Crippen LogP contribution in [0.25, 0.3) is 0 Å². The second-order valence-corrected chi connectivity index (χ2v) is 3.74. The molecule has 0 N–H and O–H groups in total. The monoisotopic (exact) mass is 258 g/mol. The summed E-state index contributed by atoms with van der Waals surface area (Å²) < 4.78 is 19.3. The van der Waals surface area contributed by atoms with E-state index in [0.29, 0.717) is 18.8 Å². The summed E-state index contributed by atoms with van der Waals surface area (Å²) in [5.74, 6) is -0.228. The number of hydrogen-bond donors (Lipinski definition) is 0. The van der Waals surface area contributed by atoms with Crippen LogP contribution in [-0.4, -0.2) is 6.61 Å². The molecule has 1 aromatic rings. The number of benzene rings is 1. The normalized spacial score (nSPS) is 11.1. The number of hydrogen-bond acceptors (Lipinski definition) is 1. The summed E-state index contributed by atoms with van der Waals surface area (Å²) in [4.78, 5) is 0. The molecule has 0 saturated carbocycles.